The van der Waals surface area contributed by atoms with Crippen LogP contribution in [0.1, 0.15) is 33.4 Å². The highest BCUT2D eigenvalue weighted by Crippen LogP contribution is 2.26. The highest BCUT2D eigenvalue weighted by atomic mass is 32.1. The number of thiazole rings is 1. The lowest BCUT2D eigenvalue weighted by Crippen LogP contribution is -2.32. The van der Waals surface area contributed by atoms with E-state index in [1.807, 2.05) is 16.0 Å². The summed E-state index contributed by atoms with van der Waals surface area (Å²) in [6.07, 6.45) is 1.98. The van der Waals surface area contributed by atoms with Gasteiger partial charge in [0.1, 0.15) is 0 Å². The highest BCUT2D eigenvalue weighted by molar-refractivity contribution is 7.15. The maximum atomic E-state index is 9.66. The molecule has 1 N–H and O–H groups in total. The molecule has 0 amide bonds. The van der Waals surface area contributed by atoms with Crippen molar-refractivity contribution in [2.45, 2.75) is 34.3 Å². The molecule has 4 nitrogen and oxygen atoms in total. The standard InChI is InChI=1S/C14H23N3OS/c1-10(2)7-16(8-11(3)4)13-12(9-18)17-5-6-19-14(17)15-13/h5-6,10-11,18H,7-9H2,1-4H3. The number of aromatic nitrogens is 2. The molecule has 2 aromatic rings. The van der Waals surface area contributed by atoms with Crippen LogP contribution in [0.4, 0.5) is 5.82 Å². The van der Waals surface area contributed by atoms with Crippen LogP contribution in [0, 0.1) is 11.8 Å². The molecule has 0 saturated carbocycles. The number of anilines is 1. The summed E-state index contributed by atoms with van der Waals surface area (Å²) in [6, 6.07) is 0. The number of aliphatic hydroxyl groups excluding tert-OH is 1. The van der Waals surface area contributed by atoms with E-state index in [1.54, 1.807) is 11.3 Å². The third-order valence-corrected chi connectivity index (χ3v) is 3.72. The van der Waals surface area contributed by atoms with Crippen LogP contribution in [-0.2, 0) is 6.61 Å². The van der Waals surface area contributed by atoms with Gasteiger partial charge < -0.3 is 10.0 Å². The fourth-order valence-electron chi connectivity index (χ4n) is 2.35. The number of nitrogens with zero attached hydrogens (tertiary/aromatic N) is 3. The fourth-order valence-corrected chi connectivity index (χ4v) is 3.08. The number of hydrogen-bond acceptors (Lipinski definition) is 4. The van der Waals surface area contributed by atoms with Crippen molar-refractivity contribution in [3.63, 3.8) is 0 Å². The van der Waals surface area contributed by atoms with Crippen LogP contribution in [0.15, 0.2) is 11.6 Å². The Balaban J connectivity index is 2.39. The number of aliphatic hydroxyl groups is 1. The second-order valence-corrected chi connectivity index (χ2v) is 6.66. The number of imidazole rings is 1. The first-order valence-electron chi connectivity index (χ1n) is 6.83. The minimum Gasteiger partial charge on any atom is -0.390 e. The molecule has 19 heavy (non-hydrogen) atoms. The van der Waals surface area contributed by atoms with Crippen molar-refractivity contribution in [2.75, 3.05) is 18.0 Å². The van der Waals surface area contributed by atoms with Gasteiger partial charge in [-0.3, -0.25) is 4.40 Å². The third-order valence-electron chi connectivity index (χ3n) is 2.96. The van der Waals surface area contributed by atoms with Gasteiger partial charge in [0.25, 0.3) is 0 Å². The van der Waals surface area contributed by atoms with Crippen LogP contribution in [0.3, 0.4) is 0 Å². The zero-order chi connectivity index (χ0) is 14.0. The van der Waals surface area contributed by atoms with Crippen LogP contribution in [0.2, 0.25) is 0 Å². The molecule has 106 valence electrons. The molecule has 2 rings (SSSR count). The van der Waals surface area contributed by atoms with Gasteiger partial charge in [-0.1, -0.05) is 27.7 Å². The fraction of sp³-hybridized carbons (Fsp3) is 0.643. The summed E-state index contributed by atoms with van der Waals surface area (Å²) in [5, 5.41) is 11.7. The summed E-state index contributed by atoms with van der Waals surface area (Å²) < 4.78 is 1.99. The number of hydrogen-bond donors (Lipinski definition) is 1. The van der Waals surface area contributed by atoms with Gasteiger partial charge in [0.15, 0.2) is 10.8 Å². The Morgan fingerprint density at radius 3 is 2.42 bits per heavy atom. The average Bonchev–Trinajstić information content (AvgIpc) is 2.85. The lowest BCUT2D eigenvalue weighted by Gasteiger charge is -2.27. The van der Waals surface area contributed by atoms with E-state index in [4.69, 9.17) is 4.98 Å². The van der Waals surface area contributed by atoms with E-state index in [9.17, 15) is 5.11 Å². The molecular weight excluding hydrogens is 258 g/mol. The molecule has 5 heteroatoms. The molecule has 0 saturated heterocycles. The zero-order valence-electron chi connectivity index (χ0n) is 12.1. The predicted octanol–water partition coefficient (Wildman–Crippen LogP) is 3.01. The van der Waals surface area contributed by atoms with E-state index in [2.05, 4.69) is 32.6 Å². The van der Waals surface area contributed by atoms with Gasteiger partial charge in [0.2, 0.25) is 0 Å². The van der Waals surface area contributed by atoms with Crippen molar-refractivity contribution in [3.05, 3.63) is 17.3 Å². The molecule has 0 aliphatic heterocycles. The first-order chi connectivity index (χ1) is 9.02. The minimum absolute atomic E-state index is 0.0277. The van der Waals surface area contributed by atoms with E-state index >= 15 is 0 Å². The van der Waals surface area contributed by atoms with Crippen LogP contribution < -0.4 is 4.90 Å². The second-order valence-electron chi connectivity index (χ2n) is 5.79. The third kappa shape index (κ3) is 3.09. The molecule has 0 radical (unpaired) electrons. The SMILES string of the molecule is CC(C)CN(CC(C)C)c1nc2sccn2c1CO. The summed E-state index contributed by atoms with van der Waals surface area (Å²) in [7, 11) is 0. The second kappa shape index (κ2) is 5.92. The van der Waals surface area contributed by atoms with E-state index in [0.717, 1.165) is 29.6 Å². The highest BCUT2D eigenvalue weighted by Gasteiger charge is 2.19. The van der Waals surface area contributed by atoms with Crippen molar-refractivity contribution in [2.24, 2.45) is 11.8 Å². The maximum absolute atomic E-state index is 9.66. The Kier molecular flexibility index (Phi) is 4.47. The normalized spacial score (nSPS) is 11.9. The molecule has 2 aromatic heterocycles. The van der Waals surface area contributed by atoms with Crippen molar-refractivity contribution < 1.29 is 5.11 Å². The smallest absolute Gasteiger partial charge is 0.195 e. The summed E-state index contributed by atoms with van der Waals surface area (Å²) in [6.45, 7) is 10.8. The first-order valence-corrected chi connectivity index (χ1v) is 7.71. The van der Waals surface area contributed by atoms with Crippen LogP contribution >= 0.6 is 11.3 Å². The number of rotatable bonds is 6. The Labute approximate surface area is 118 Å². The molecule has 0 fully saturated rings. The van der Waals surface area contributed by atoms with Gasteiger partial charge in [0.05, 0.1) is 12.3 Å². The van der Waals surface area contributed by atoms with E-state index in [0.29, 0.717) is 11.8 Å². The molecule has 0 unspecified atom stereocenters. The van der Waals surface area contributed by atoms with Gasteiger partial charge in [-0.2, -0.15) is 0 Å². The maximum Gasteiger partial charge on any atom is 0.195 e. The molecule has 0 aliphatic carbocycles. The zero-order valence-corrected chi connectivity index (χ0v) is 12.9. The van der Waals surface area contributed by atoms with Gasteiger partial charge in [-0.05, 0) is 11.8 Å². The van der Waals surface area contributed by atoms with Gasteiger partial charge >= 0.3 is 0 Å². The van der Waals surface area contributed by atoms with Crippen molar-refractivity contribution in [3.8, 4) is 0 Å². The summed E-state index contributed by atoms with van der Waals surface area (Å²) >= 11 is 1.61. The summed E-state index contributed by atoms with van der Waals surface area (Å²) in [5.74, 6) is 2.09. The monoisotopic (exact) mass is 281 g/mol. The summed E-state index contributed by atoms with van der Waals surface area (Å²) in [4.78, 5) is 7.96. The molecular formula is C14H23N3OS. The van der Waals surface area contributed by atoms with Crippen LogP contribution in [-0.4, -0.2) is 27.6 Å². The lowest BCUT2D eigenvalue weighted by atomic mass is 10.1. The van der Waals surface area contributed by atoms with Crippen molar-refractivity contribution in [1.82, 2.24) is 9.38 Å². The predicted molar refractivity (Wildman–Crippen MR) is 80.9 cm³/mol. The van der Waals surface area contributed by atoms with E-state index in [1.165, 1.54) is 0 Å². The topological polar surface area (TPSA) is 40.8 Å². The first kappa shape index (κ1) is 14.3. The van der Waals surface area contributed by atoms with E-state index < -0.39 is 0 Å². The Bertz CT molecular complexity index is 520. The molecule has 0 aromatic carbocycles. The quantitative estimate of drug-likeness (QED) is 0.885. The average molecular weight is 281 g/mol. The van der Waals surface area contributed by atoms with E-state index in [-0.39, 0.29) is 6.61 Å². The van der Waals surface area contributed by atoms with Gasteiger partial charge in [-0.25, -0.2) is 4.98 Å². The lowest BCUT2D eigenvalue weighted by molar-refractivity contribution is 0.276. The summed E-state index contributed by atoms with van der Waals surface area (Å²) in [5.41, 5.74) is 0.901. The molecule has 0 atom stereocenters. The number of fused-ring (bicyclic) bond motifs is 1. The van der Waals surface area contributed by atoms with Crippen molar-refractivity contribution in [1.29, 1.82) is 0 Å². The van der Waals surface area contributed by atoms with Gasteiger partial charge in [-0.15, -0.1) is 11.3 Å². The minimum atomic E-state index is 0.0277. The molecule has 0 bridgehead atoms. The Morgan fingerprint density at radius 2 is 1.89 bits per heavy atom. The Morgan fingerprint density at radius 1 is 1.26 bits per heavy atom. The molecule has 2 heterocycles. The molecule has 0 aliphatic rings. The molecule has 0 spiro atoms. The van der Waals surface area contributed by atoms with Crippen molar-refractivity contribution >= 4 is 22.1 Å². The largest absolute Gasteiger partial charge is 0.390 e. The Hall–Kier alpha value is -1.07. The van der Waals surface area contributed by atoms with Gasteiger partial charge in [0, 0.05) is 24.7 Å². The van der Waals surface area contributed by atoms with Crippen LogP contribution in [0.5, 0.6) is 0 Å². The van der Waals surface area contributed by atoms with Crippen LogP contribution in [0.25, 0.3) is 4.96 Å².